The number of nitrogens with two attached hydrogens (primary N) is 1. The second-order valence-electron chi connectivity index (χ2n) is 8.84. The molecule has 34 heavy (non-hydrogen) atoms. The van der Waals surface area contributed by atoms with Gasteiger partial charge in [-0.25, -0.2) is 15.0 Å². The van der Waals surface area contributed by atoms with Crippen molar-refractivity contribution >= 4 is 43.9 Å². The van der Waals surface area contributed by atoms with Gasteiger partial charge in [0.15, 0.2) is 0 Å². The molecule has 168 valence electrons. The largest absolute Gasteiger partial charge is 0.381 e. The van der Waals surface area contributed by atoms with Crippen LogP contribution in [0.25, 0.3) is 32.4 Å². The highest BCUT2D eigenvalue weighted by atomic mass is 32.1. The monoisotopic (exact) mass is 466 g/mol. The fourth-order valence-electron chi connectivity index (χ4n) is 3.79. The first kappa shape index (κ1) is 21.8. The molecule has 0 saturated carbocycles. The molecule has 0 fully saturated rings. The predicted molar refractivity (Wildman–Crippen MR) is 137 cm³/mol. The Hall–Kier alpha value is -3.98. The molecule has 0 aliphatic carbocycles. The summed E-state index contributed by atoms with van der Waals surface area (Å²) in [5.41, 5.74) is 8.60. The van der Waals surface area contributed by atoms with Gasteiger partial charge in [-0.1, -0.05) is 11.8 Å². The number of pyridine rings is 1. The van der Waals surface area contributed by atoms with E-state index in [0.717, 1.165) is 26.7 Å². The quantitative estimate of drug-likeness (QED) is 0.371. The maximum atomic E-state index is 12.7. The first-order valence-corrected chi connectivity index (χ1v) is 11.6. The number of carbonyl (C=O) groups is 1. The molecule has 5 rings (SSSR count). The van der Waals surface area contributed by atoms with Crippen LogP contribution >= 0.6 is 11.3 Å². The van der Waals surface area contributed by atoms with Crippen molar-refractivity contribution in [3.8, 4) is 35.6 Å². The Balaban J connectivity index is 1.65. The van der Waals surface area contributed by atoms with Crippen molar-refractivity contribution in [2.45, 2.75) is 32.4 Å². The van der Waals surface area contributed by atoms with Crippen LogP contribution in [0.3, 0.4) is 0 Å². The standard InChI is InChI=1S/C26H22N6OS/c1-5-15-12-19(32-21(30-15)10-11-26(3,4)27)18-7-6-16-17(31-18)8-9-20-22(16)23-24(34-20)25(33)29-14(2)13-28-23/h1,6-9,12,14,28H,13,27H2,2-4H3,(H,29,33)/t14-/m1/s1. The minimum absolute atomic E-state index is 0.0482. The van der Waals surface area contributed by atoms with Crippen LogP contribution in [-0.2, 0) is 0 Å². The number of nitrogens with zero attached hydrogens (tertiary/aromatic N) is 3. The van der Waals surface area contributed by atoms with Crippen LogP contribution in [0.5, 0.6) is 0 Å². The number of hydrogen-bond acceptors (Lipinski definition) is 7. The van der Waals surface area contributed by atoms with Gasteiger partial charge in [0, 0.05) is 34.1 Å². The molecule has 4 N–H and O–H groups in total. The zero-order valence-electron chi connectivity index (χ0n) is 19.0. The Labute approximate surface area is 201 Å². The minimum atomic E-state index is -0.677. The summed E-state index contributed by atoms with van der Waals surface area (Å²) in [6, 6.07) is 9.63. The van der Waals surface area contributed by atoms with Gasteiger partial charge < -0.3 is 16.4 Å². The highest BCUT2D eigenvalue weighted by Gasteiger charge is 2.24. The van der Waals surface area contributed by atoms with Gasteiger partial charge >= 0.3 is 0 Å². The van der Waals surface area contributed by atoms with E-state index in [-0.39, 0.29) is 11.9 Å². The third-order valence-corrected chi connectivity index (χ3v) is 6.48. The van der Waals surface area contributed by atoms with Crippen molar-refractivity contribution in [2.75, 3.05) is 11.9 Å². The molecule has 1 amide bonds. The average Bonchev–Trinajstić information content (AvgIpc) is 3.13. The summed E-state index contributed by atoms with van der Waals surface area (Å²) in [4.78, 5) is 27.1. The van der Waals surface area contributed by atoms with Crippen LogP contribution in [0, 0.1) is 24.2 Å². The average molecular weight is 467 g/mol. The van der Waals surface area contributed by atoms with Gasteiger partial charge in [-0.05, 0) is 51.0 Å². The van der Waals surface area contributed by atoms with E-state index in [9.17, 15) is 4.79 Å². The van der Waals surface area contributed by atoms with Crippen molar-refractivity contribution in [3.63, 3.8) is 0 Å². The lowest BCUT2D eigenvalue weighted by Gasteiger charge is -2.10. The maximum Gasteiger partial charge on any atom is 0.263 e. The van der Waals surface area contributed by atoms with Crippen molar-refractivity contribution in [1.82, 2.24) is 20.3 Å². The lowest BCUT2D eigenvalue weighted by molar-refractivity contribution is 0.0949. The number of benzene rings is 1. The molecule has 1 aliphatic rings. The molecule has 4 heterocycles. The van der Waals surface area contributed by atoms with Crippen LogP contribution in [0.2, 0.25) is 0 Å². The van der Waals surface area contributed by atoms with Crippen molar-refractivity contribution in [1.29, 1.82) is 0 Å². The number of carbonyl (C=O) groups excluding carboxylic acids is 1. The summed E-state index contributed by atoms with van der Waals surface area (Å²) in [6.45, 7) is 6.25. The first-order chi connectivity index (χ1) is 16.2. The normalized spacial score (nSPS) is 15.5. The molecule has 7 nitrogen and oxygen atoms in total. The number of rotatable bonds is 1. The fourth-order valence-corrected chi connectivity index (χ4v) is 4.89. The summed E-state index contributed by atoms with van der Waals surface area (Å²) < 4.78 is 1.03. The Bertz CT molecular complexity index is 1580. The van der Waals surface area contributed by atoms with Crippen LogP contribution in [0.4, 0.5) is 5.69 Å². The molecule has 0 saturated heterocycles. The molecule has 8 heteroatoms. The molecular formula is C26H22N6OS. The van der Waals surface area contributed by atoms with E-state index >= 15 is 0 Å². The van der Waals surface area contributed by atoms with Crippen LogP contribution < -0.4 is 16.4 Å². The number of hydrogen-bond donors (Lipinski definition) is 3. The predicted octanol–water partition coefficient (Wildman–Crippen LogP) is 3.52. The lowest BCUT2D eigenvalue weighted by atomic mass is 10.1. The van der Waals surface area contributed by atoms with Gasteiger partial charge in [-0.3, -0.25) is 4.79 Å². The second-order valence-corrected chi connectivity index (χ2v) is 9.89. The van der Waals surface area contributed by atoms with Crippen LogP contribution in [-0.4, -0.2) is 39.0 Å². The zero-order valence-corrected chi connectivity index (χ0v) is 19.8. The molecule has 0 unspecified atom stereocenters. The zero-order chi connectivity index (χ0) is 24.0. The second kappa shape index (κ2) is 8.11. The molecule has 1 aliphatic heterocycles. The number of amides is 1. The van der Waals surface area contributed by atoms with E-state index in [1.54, 1.807) is 6.07 Å². The molecule has 3 aromatic heterocycles. The topological polar surface area (TPSA) is 106 Å². The van der Waals surface area contributed by atoms with Crippen molar-refractivity contribution in [3.05, 3.63) is 46.7 Å². The van der Waals surface area contributed by atoms with E-state index in [0.29, 0.717) is 34.3 Å². The van der Waals surface area contributed by atoms with Gasteiger partial charge in [0.2, 0.25) is 5.82 Å². The third-order valence-electron chi connectivity index (χ3n) is 5.32. The Morgan fingerprint density at radius 3 is 2.76 bits per heavy atom. The number of anilines is 1. The van der Waals surface area contributed by atoms with Gasteiger partial charge in [0.25, 0.3) is 5.91 Å². The number of terminal acetylenes is 1. The molecular weight excluding hydrogens is 444 g/mol. The maximum absolute atomic E-state index is 12.7. The SMILES string of the molecule is C#Cc1cc(-c2ccc3c(ccc4sc5c(c43)NC[C@@H](C)NC5=O)n2)nc(C#CC(C)(C)N)n1. The summed E-state index contributed by atoms with van der Waals surface area (Å²) in [5, 5.41) is 8.43. The number of aromatic nitrogens is 3. The van der Waals surface area contributed by atoms with E-state index < -0.39 is 5.54 Å². The van der Waals surface area contributed by atoms with Crippen molar-refractivity contribution in [2.24, 2.45) is 5.73 Å². The van der Waals surface area contributed by atoms with Gasteiger partial charge in [-0.2, -0.15) is 0 Å². The molecule has 0 bridgehead atoms. The van der Waals surface area contributed by atoms with Gasteiger partial charge in [0.1, 0.15) is 10.6 Å². The summed E-state index contributed by atoms with van der Waals surface area (Å²) in [6.07, 6.45) is 5.62. The molecule has 1 aromatic carbocycles. The summed E-state index contributed by atoms with van der Waals surface area (Å²) >= 11 is 1.48. The van der Waals surface area contributed by atoms with Crippen LogP contribution in [0.15, 0.2) is 30.3 Å². The molecule has 0 radical (unpaired) electrons. The van der Waals surface area contributed by atoms with Gasteiger partial charge in [0.05, 0.1) is 28.1 Å². The summed E-state index contributed by atoms with van der Waals surface area (Å²) in [5.74, 6) is 8.65. The van der Waals surface area contributed by atoms with E-state index in [2.05, 4.69) is 38.4 Å². The molecule has 1 atom stereocenters. The van der Waals surface area contributed by atoms with E-state index in [1.165, 1.54) is 11.3 Å². The summed E-state index contributed by atoms with van der Waals surface area (Å²) in [7, 11) is 0. The van der Waals surface area contributed by atoms with Crippen LogP contribution in [0.1, 0.15) is 42.0 Å². The highest BCUT2D eigenvalue weighted by Crippen LogP contribution is 2.41. The van der Waals surface area contributed by atoms with Gasteiger partial charge in [-0.15, -0.1) is 17.8 Å². The Morgan fingerprint density at radius 2 is 2.00 bits per heavy atom. The molecule has 4 aromatic rings. The highest BCUT2D eigenvalue weighted by molar-refractivity contribution is 7.21. The fraction of sp³-hybridized carbons (Fsp3) is 0.231. The van der Waals surface area contributed by atoms with E-state index in [1.807, 2.05) is 45.0 Å². The first-order valence-electron chi connectivity index (χ1n) is 10.8. The number of nitrogens with one attached hydrogen (secondary N) is 2. The van der Waals surface area contributed by atoms with Crippen molar-refractivity contribution < 1.29 is 4.79 Å². The van der Waals surface area contributed by atoms with E-state index in [4.69, 9.17) is 17.1 Å². The lowest BCUT2D eigenvalue weighted by Crippen LogP contribution is -2.34. The molecule has 0 spiro atoms. The number of thiophene rings is 1. The smallest absolute Gasteiger partial charge is 0.263 e. The minimum Gasteiger partial charge on any atom is -0.381 e. The number of fused-ring (bicyclic) bond motifs is 5. The Kier molecular flexibility index (Phi) is 5.21. The Morgan fingerprint density at radius 1 is 1.18 bits per heavy atom. The third kappa shape index (κ3) is 4.06.